The molecule has 1 aromatic heterocycles. The maximum absolute atomic E-state index is 16.6. The van der Waals surface area contributed by atoms with Crippen LogP contribution in [0, 0.1) is 17.1 Å². The van der Waals surface area contributed by atoms with Gasteiger partial charge in [-0.1, -0.05) is 49.4 Å². The first-order valence-electron chi connectivity index (χ1n) is 12.3. The number of aromatic nitrogens is 1. The van der Waals surface area contributed by atoms with E-state index in [0.29, 0.717) is 22.8 Å². The Bertz CT molecular complexity index is 950. The fraction of sp³-hybridized carbons (Fsp3) is 0.750. The Morgan fingerprint density at radius 2 is 1.91 bits per heavy atom. The summed E-state index contributed by atoms with van der Waals surface area (Å²) in [7, 11) is -4.88. The second kappa shape index (κ2) is 11.3. The van der Waals surface area contributed by atoms with Gasteiger partial charge in [0.25, 0.3) is 0 Å². The molecule has 4 atom stereocenters. The molecule has 35 heavy (non-hydrogen) atoms. The van der Waals surface area contributed by atoms with Gasteiger partial charge in [0.05, 0.1) is 14.1 Å². The number of nitrogens with zero attached hydrogens (tertiary/aromatic N) is 2. The second-order valence-corrected chi connectivity index (χ2v) is 21.9. The zero-order chi connectivity index (χ0) is 26.9. The molecule has 11 heteroatoms. The van der Waals surface area contributed by atoms with Crippen molar-refractivity contribution in [2.24, 2.45) is 0 Å². The van der Waals surface area contributed by atoms with Crippen molar-refractivity contribution in [3.8, 4) is 6.07 Å². The van der Waals surface area contributed by atoms with Gasteiger partial charge in [-0.15, -0.1) is 4.72 Å². The topological polar surface area (TPSA) is 104 Å². The Kier molecular flexibility index (Phi) is 10.00. The van der Waals surface area contributed by atoms with E-state index >= 15 is 4.39 Å². The lowest BCUT2D eigenvalue weighted by atomic mass is 10.0. The normalized spacial score (nSPS) is 26.1. The zero-order valence-electron chi connectivity index (χ0n) is 22.3. The van der Waals surface area contributed by atoms with Crippen LogP contribution in [0.25, 0.3) is 0 Å². The van der Waals surface area contributed by atoms with Gasteiger partial charge in [-0.05, 0) is 74.6 Å². The maximum Gasteiger partial charge on any atom is 0.146 e. The molecule has 0 aliphatic carbocycles. The number of nitrogens with one attached hydrogen (secondary N) is 2. The third-order valence-electron chi connectivity index (χ3n) is 7.58. The van der Waals surface area contributed by atoms with Crippen molar-refractivity contribution in [1.29, 1.82) is 5.26 Å². The number of nitriles is 1. The predicted octanol–water partition coefficient (Wildman–Crippen LogP) is 5.82. The summed E-state index contributed by atoms with van der Waals surface area (Å²) >= 11 is 1.94. The van der Waals surface area contributed by atoms with E-state index in [1.54, 1.807) is 13.8 Å². The van der Waals surface area contributed by atoms with Crippen molar-refractivity contribution >= 4 is 51.0 Å². The Morgan fingerprint density at radius 3 is 2.40 bits per heavy atom. The van der Waals surface area contributed by atoms with Crippen LogP contribution in [0.15, 0.2) is 10.7 Å². The van der Waals surface area contributed by atoms with Crippen LogP contribution in [-0.4, -0.2) is 44.0 Å². The zero-order valence-corrected chi connectivity index (χ0v) is 26.6. The summed E-state index contributed by atoms with van der Waals surface area (Å²) in [5.74, 6) is -0.381. The molecule has 0 spiro atoms. The van der Waals surface area contributed by atoms with Crippen LogP contribution in [0.2, 0.25) is 18.1 Å². The van der Waals surface area contributed by atoms with Crippen molar-refractivity contribution in [2.75, 3.05) is 12.3 Å². The molecule has 2 rings (SSSR count). The molecule has 0 saturated carbocycles. The molecule has 6 nitrogen and oxygen atoms in total. The number of halogens is 2. The Balaban J connectivity index is 2.79. The first kappa shape index (κ1) is 31.0. The van der Waals surface area contributed by atoms with E-state index in [1.807, 2.05) is 26.8 Å². The Labute approximate surface area is 225 Å². The number of pyridine rings is 1. The van der Waals surface area contributed by atoms with E-state index in [0.717, 1.165) is 24.6 Å². The van der Waals surface area contributed by atoms with E-state index in [-0.39, 0.29) is 17.3 Å². The van der Waals surface area contributed by atoms with Crippen LogP contribution in [0.3, 0.4) is 0 Å². The molecular weight excluding hydrogens is 567 g/mol. The maximum atomic E-state index is 16.6. The quantitative estimate of drug-likeness (QED) is 0.185. The molecule has 200 valence electrons. The van der Waals surface area contributed by atoms with Gasteiger partial charge >= 0.3 is 0 Å². The third-order valence-corrected chi connectivity index (χ3v) is 18.8. The van der Waals surface area contributed by atoms with Crippen LogP contribution in [-0.2, 0) is 16.9 Å². The molecule has 1 fully saturated rings. The highest BCUT2D eigenvalue weighted by atomic mass is 79.9. The fourth-order valence-electron chi connectivity index (χ4n) is 4.83. The van der Waals surface area contributed by atoms with E-state index < -0.39 is 45.0 Å². The molecule has 2 heterocycles. The molecule has 0 aromatic carbocycles. The van der Waals surface area contributed by atoms with Crippen LogP contribution in [0.5, 0.6) is 0 Å². The minimum atomic E-state index is -2.74. The summed E-state index contributed by atoms with van der Waals surface area (Å²) in [6.45, 7) is 16.0. The largest absolute Gasteiger partial charge is 0.598 e. The summed E-state index contributed by atoms with van der Waals surface area (Å²) < 4.78 is 47.1. The molecule has 1 aliphatic rings. The van der Waals surface area contributed by atoms with Gasteiger partial charge in [0.15, 0.2) is 0 Å². The van der Waals surface area contributed by atoms with Gasteiger partial charge in [0, 0.05) is 23.7 Å². The van der Waals surface area contributed by atoms with Crippen molar-refractivity contribution in [2.45, 2.75) is 101 Å². The number of hydrogen-bond acceptors (Lipinski definition) is 6. The number of rotatable bonds is 9. The first-order chi connectivity index (χ1) is 16.1. The highest BCUT2D eigenvalue weighted by molar-refractivity contribution is 9.10. The SMILES string of the molecule is CC[Si](CC)(CC)c1cc(Br)nc(C(C)(C[S@]2(O)NCCC[C@]2(C)C#N)N[S@+]([O-])C(C)(C)C)c1F. The van der Waals surface area contributed by atoms with E-state index in [1.165, 1.54) is 0 Å². The van der Waals surface area contributed by atoms with Crippen molar-refractivity contribution < 1.29 is 13.5 Å². The van der Waals surface area contributed by atoms with Crippen molar-refractivity contribution in [3.63, 3.8) is 0 Å². The average molecular weight is 610 g/mol. The van der Waals surface area contributed by atoms with Gasteiger partial charge in [-0.25, -0.2) is 9.37 Å². The van der Waals surface area contributed by atoms with Gasteiger partial charge in [0.2, 0.25) is 0 Å². The fourth-order valence-corrected chi connectivity index (χ4v) is 13.0. The van der Waals surface area contributed by atoms with Gasteiger partial charge < -0.3 is 9.11 Å². The van der Waals surface area contributed by atoms with Gasteiger partial charge in [-0.3, -0.25) is 4.72 Å². The first-order valence-corrected chi connectivity index (χ1v) is 18.6. The third kappa shape index (κ3) is 6.11. The lowest BCUT2D eigenvalue weighted by Crippen LogP contribution is -2.58. The highest BCUT2D eigenvalue weighted by Gasteiger charge is 2.53. The summed E-state index contributed by atoms with van der Waals surface area (Å²) in [5.41, 5.74) is -1.15. The number of hydrogen-bond donors (Lipinski definition) is 3. The van der Waals surface area contributed by atoms with Gasteiger partial charge in [0.1, 0.15) is 31.1 Å². The smallest absolute Gasteiger partial charge is 0.146 e. The molecule has 0 amide bonds. The van der Waals surface area contributed by atoms with Crippen LogP contribution >= 0.6 is 26.4 Å². The van der Waals surface area contributed by atoms with Crippen molar-refractivity contribution in [1.82, 2.24) is 14.4 Å². The van der Waals surface area contributed by atoms with Crippen LogP contribution < -0.4 is 14.6 Å². The molecule has 1 aromatic rings. The molecule has 0 radical (unpaired) electrons. The Morgan fingerprint density at radius 1 is 1.34 bits per heavy atom. The standard InChI is InChI=1S/C24H42BrFN4O2S2Si/c1-9-35(10-2,11-3)18-15-19(25)29-21(20(18)26)24(8,30-33(31)22(4,5)6)17-34(32)23(7,16-27)13-12-14-28-34/h15,28,30,32H,9-14,17H2,1-8H3/t23-,24?,33-/m1/s1. The van der Waals surface area contributed by atoms with Crippen molar-refractivity contribution in [3.05, 3.63) is 22.2 Å². The van der Waals surface area contributed by atoms with Gasteiger partial charge in [-0.2, -0.15) is 5.26 Å². The van der Waals surface area contributed by atoms with E-state index in [9.17, 15) is 14.4 Å². The van der Waals surface area contributed by atoms with Crippen LogP contribution in [0.4, 0.5) is 4.39 Å². The predicted molar refractivity (Wildman–Crippen MR) is 153 cm³/mol. The van der Waals surface area contributed by atoms with E-state index in [2.05, 4.69) is 57.2 Å². The molecule has 1 aliphatic heterocycles. The minimum absolute atomic E-state index is 0.00459. The monoisotopic (exact) mass is 608 g/mol. The lowest BCUT2D eigenvalue weighted by Gasteiger charge is -2.52. The molecular formula is C24H42BrFN4O2S2Si. The molecule has 0 bridgehead atoms. The Hall–Kier alpha value is -0.193. The lowest BCUT2D eigenvalue weighted by molar-refractivity contribution is 0.410. The second-order valence-electron chi connectivity index (χ2n) is 11.0. The summed E-state index contributed by atoms with van der Waals surface area (Å²) in [5, 5.41) is 10.7. The summed E-state index contributed by atoms with van der Waals surface area (Å²) in [6, 6.07) is 6.82. The molecule has 1 unspecified atom stereocenters. The molecule has 3 N–H and O–H groups in total. The summed E-state index contributed by atoms with van der Waals surface area (Å²) in [4.78, 5) is 4.59. The summed E-state index contributed by atoms with van der Waals surface area (Å²) in [6.07, 6.45) is 1.31. The highest BCUT2D eigenvalue weighted by Crippen LogP contribution is 2.59. The average Bonchev–Trinajstić information content (AvgIpc) is 2.78. The minimum Gasteiger partial charge on any atom is -0.598 e. The molecule has 1 saturated heterocycles. The van der Waals surface area contributed by atoms with E-state index in [4.69, 9.17) is 0 Å². The van der Waals surface area contributed by atoms with Crippen LogP contribution in [0.1, 0.15) is 73.9 Å².